The van der Waals surface area contributed by atoms with E-state index in [4.69, 9.17) is 9.98 Å². The van der Waals surface area contributed by atoms with Crippen LogP contribution in [-0.4, -0.2) is 11.5 Å². The fraction of sp³-hybridized carbons (Fsp3) is 0.0164. The largest absolute Gasteiger partial charge is 0.229 e. The summed E-state index contributed by atoms with van der Waals surface area (Å²) in [6, 6.07) is 80.4. The minimum absolute atomic E-state index is 0.419. The van der Waals surface area contributed by atoms with Crippen LogP contribution in [0.25, 0.3) is 61.3 Å². The summed E-state index contributed by atoms with van der Waals surface area (Å²) < 4.78 is 0. The van der Waals surface area contributed by atoms with Crippen molar-refractivity contribution in [2.45, 2.75) is 5.41 Å². The highest BCUT2D eigenvalue weighted by atomic mass is 14.9. The van der Waals surface area contributed by atoms with E-state index < -0.39 is 5.41 Å². The summed E-state index contributed by atoms with van der Waals surface area (Å²) in [5.74, 6) is 0.571. The number of hydrogen-bond donors (Lipinski definition) is 0. The van der Waals surface area contributed by atoms with E-state index in [2.05, 4.69) is 177 Å². The van der Waals surface area contributed by atoms with Crippen LogP contribution in [0.4, 0.5) is 0 Å². The molecule has 0 amide bonds. The molecule has 0 unspecified atom stereocenters. The number of aliphatic imine (C=N–C) groups is 2. The topological polar surface area (TPSA) is 24.7 Å². The molecular weight excluding hydrogens is 761 g/mol. The number of fused-ring (bicyclic) bond motifs is 10. The number of nitrogens with zero attached hydrogens (tertiary/aromatic N) is 2. The maximum atomic E-state index is 5.06. The molecule has 296 valence electrons. The Morgan fingerprint density at radius 2 is 0.778 bits per heavy atom. The highest BCUT2D eigenvalue weighted by Gasteiger charge is 2.51. The first-order valence-electron chi connectivity index (χ1n) is 21.5. The van der Waals surface area contributed by atoms with Gasteiger partial charge in [0.1, 0.15) is 0 Å². The lowest BCUT2D eigenvalue weighted by atomic mass is 9.70. The van der Waals surface area contributed by atoms with Crippen LogP contribution < -0.4 is 0 Å². The van der Waals surface area contributed by atoms with Crippen LogP contribution in [0.15, 0.2) is 254 Å². The van der Waals surface area contributed by atoms with Gasteiger partial charge in [-0.25, -0.2) is 9.98 Å². The molecule has 0 aromatic heterocycles. The average molecular weight is 803 g/mol. The molecule has 2 heteroatoms. The Morgan fingerprint density at radius 3 is 1.33 bits per heavy atom. The minimum atomic E-state index is -0.419. The zero-order valence-electron chi connectivity index (χ0n) is 34.7. The van der Waals surface area contributed by atoms with Crippen LogP contribution in [0, 0.1) is 0 Å². The second-order valence-corrected chi connectivity index (χ2v) is 16.2. The number of hydrogen-bond acceptors (Lipinski definition) is 1. The quantitative estimate of drug-likeness (QED) is 0.108. The molecule has 1 spiro atoms. The number of amidine groups is 1. The van der Waals surface area contributed by atoms with Gasteiger partial charge >= 0.3 is 0 Å². The Hall–Kier alpha value is -8.20. The zero-order valence-corrected chi connectivity index (χ0v) is 34.7. The standard InChI is InChI=1S/C61H42N2/c1-3-59(47-23-11-6-12-24-47)63-60(62-41(2)42-19-7-4-8-20-42)48-37-33-44(34-38-48)43-31-35-46(36-32-43)53-40-58-54(39-52(53)45-21-9-5-10-22-45)51-27-15-18-30-57(51)61(58)55-28-16-13-25-49(55)50-26-14-17-29-56(50)61/h3-40H,1-2H2/b62-60-,63-59+. The molecule has 0 fully saturated rings. The molecule has 63 heavy (non-hydrogen) atoms. The van der Waals surface area contributed by atoms with Crippen molar-refractivity contribution in [3.05, 3.63) is 283 Å². The molecule has 2 aliphatic carbocycles. The molecule has 2 aliphatic rings. The fourth-order valence-electron chi connectivity index (χ4n) is 9.82. The molecule has 2 nitrogen and oxygen atoms in total. The van der Waals surface area contributed by atoms with Crippen molar-refractivity contribution >= 4 is 17.2 Å². The zero-order chi connectivity index (χ0) is 42.3. The third kappa shape index (κ3) is 6.35. The fourth-order valence-corrected chi connectivity index (χ4v) is 9.82. The number of rotatable bonds is 8. The Morgan fingerprint density at radius 1 is 0.349 bits per heavy atom. The van der Waals surface area contributed by atoms with E-state index in [-0.39, 0.29) is 0 Å². The van der Waals surface area contributed by atoms with Crippen molar-refractivity contribution in [1.82, 2.24) is 0 Å². The van der Waals surface area contributed by atoms with E-state index in [1.165, 1.54) is 66.8 Å². The van der Waals surface area contributed by atoms with Crippen LogP contribution in [0.3, 0.4) is 0 Å². The van der Waals surface area contributed by atoms with E-state index in [1.54, 1.807) is 6.08 Å². The lowest BCUT2D eigenvalue weighted by Gasteiger charge is -2.31. The van der Waals surface area contributed by atoms with E-state index >= 15 is 0 Å². The molecule has 0 N–H and O–H groups in total. The summed E-state index contributed by atoms with van der Waals surface area (Å²) in [5.41, 5.74) is 21.4. The Labute approximate surface area is 369 Å². The SMILES string of the molecule is C=C/C(=N\C(=N/C(=C)c1ccccc1)c1ccc(-c2ccc(-c3cc4c(cc3-c3ccccc3)-c3ccccc3C43c4ccccc4-c4ccccc43)cc2)cc1)c1ccccc1. The predicted molar refractivity (Wildman–Crippen MR) is 264 cm³/mol. The number of allylic oxidation sites excluding steroid dienone is 1. The van der Waals surface area contributed by atoms with Gasteiger partial charge in [0.05, 0.1) is 16.8 Å². The van der Waals surface area contributed by atoms with Crippen LogP contribution in [0.1, 0.15) is 38.9 Å². The van der Waals surface area contributed by atoms with Gasteiger partial charge in [0, 0.05) is 11.1 Å². The lowest BCUT2D eigenvalue weighted by Crippen LogP contribution is -2.25. The highest BCUT2D eigenvalue weighted by molar-refractivity contribution is 6.17. The minimum Gasteiger partial charge on any atom is -0.229 e. The molecule has 0 heterocycles. The smallest absolute Gasteiger partial charge is 0.160 e. The summed E-state index contributed by atoms with van der Waals surface area (Å²) >= 11 is 0. The summed E-state index contributed by atoms with van der Waals surface area (Å²) in [7, 11) is 0. The van der Waals surface area contributed by atoms with Gasteiger partial charge in [0.15, 0.2) is 5.84 Å². The molecular formula is C61H42N2. The van der Waals surface area contributed by atoms with Crippen LogP contribution in [0.5, 0.6) is 0 Å². The van der Waals surface area contributed by atoms with Gasteiger partial charge in [-0.2, -0.15) is 0 Å². The molecule has 0 radical (unpaired) electrons. The van der Waals surface area contributed by atoms with Gasteiger partial charge in [-0.15, -0.1) is 0 Å². The lowest BCUT2D eigenvalue weighted by molar-refractivity contribution is 0.794. The third-order valence-corrected chi connectivity index (χ3v) is 12.7. The Kier molecular flexibility index (Phi) is 9.40. The molecule has 0 bridgehead atoms. The van der Waals surface area contributed by atoms with E-state index in [1.807, 2.05) is 60.7 Å². The highest BCUT2D eigenvalue weighted by Crippen LogP contribution is 2.63. The van der Waals surface area contributed by atoms with Gasteiger partial charge < -0.3 is 0 Å². The van der Waals surface area contributed by atoms with Crippen molar-refractivity contribution in [2.75, 3.05) is 0 Å². The first-order valence-corrected chi connectivity index (χ1v) is 21.5. The van der Waals surface area contributed by atoms with Crippen LogP contribution >= 0.6 is 0 Å². The maximum Gasteiger partial charge on any atom is 0.160 e. The van der Waals surface area contributed by atoms with Gasteiger partial charge in [-0.1, -0.05) is 225 Å². The summed E-state index contributed by atoms with van der Waals surface area (Å²) in [6.07, 6.45) is 1.78. The van der Waals surface area contributed by atoms with E-state index in [0.717, 1.165) is 33.5 Å². The second-order valence-electron chi connectivity index (χ2n) is 16.2. The molecule has 0 aliphatic heterocycles. The van der Waals surface area contributed by atoms with Gasteiger partial charge in [0.2, 0.25) is 0 Å². The third-order valence-electron chi connectivity index (χ3n) is 12.7. The summed E-state index contributed by atoms with van der Waals surface area (Å²) in [5, 5.41) is 0. The summed E-state index contributed by atoms with van der Waals surface area (Å²) in [4.78, 5) is 10.0. The number of benzene rings is 9. The van der Waals surface area contributed by atoms with Crippen molar-refractivity contribution in [1.29, 1.82) is 0 Å². The van der Waals surface area contributed by atoms with Crippen molar-refractivity contribution in [3.8, 4) is 55.6 Å². The van der Waals surface area contributed by atoms with Crippen molar-refractivity contribution in [3.63, 3.8) is 0 Å². The van der Waals surface area contributed by atoms with Gasteiger partial charge in [-0.3, -0.25) is 0 Å². The Balaban J connectivity index is 1.01. The molecule has 0 saturated carbocycles. The molecule has 9 aromatic rings. The maximum absolute atomic E-state index is 5.06. The first kappa shape index (κ1) is 37.8. The molecule has 0 atom stereocenters. The van der Waals surface area contributed by atoms with Crippen molar-refractivity contribution < 1.29 is 0 Å². The van der Waals surface area contributed by atoms with E-state index in [0.29, 0.717) is 11.5 Å². The Bertz CT molecular complexity index is 3220. The second kappa shape index (κ2) is 15.7. The summed E-state index contributed by atoms with van der Waals surface area (Å²) in [6.45, 7) is 8.39. The van der Waals surface area contributed by atoms with E-state index in [9.17, 15) is 0 Å². The monoisotopic (exact) mass is 802 g/mol. The predicted octanol–water partition coefficient (Wildman–Crippen LogP) is 15.1. The van der Waals surface area contributed by atoms with Crippen LogP contribution in [0.2, 0.25) is 0 Å². The van der Waals surface area contributed by atoms with Crippen molar-refractivity contribution in [2.24, 2.45) is 9.98 Å². The first-order chi connectivity index (χ1) is 31.1. The average Bonchev–Trinajstić information content (AvgIpc) is 3.82. The molecule has 9 aromatic carbocycles. The van der Waals surface area contributed by atoms with Gasteiger partial charge in [-0.05, 0) is 102 Å². The molecule has 11 rings (SSSR count). The normalized spacial score (nSPS) is 13.2. The van der Waals surface area contributed by atoms with Gasteiger partial charge in [0.25, 0.3) is 0 Å². The molecule has 0 saturated heterocycles. The van der Waals surface area contributed by atoms with Crippen LogP contribution in [-0.2, 0) is 5.41 Å².